The predicted molar refractivity (Wildman–Crippen MR) is 237 cm³/mol. The number of nitrogens with zero attached hydrogens (tertiary/aromatic N) is 1. The summed E-state index contributed by atoms with van der Waals surface area (Å²) in [5.74, 6) is 1.05. The molecule has 2 aliphatic heterocycles. The quantitative estimate of drug-likeness (QED) is 0.137. The number of fused-ring (bicyclic) bond motifs is 6. The van der Waals surface area contributed by atoms with Crippen LogP contribution in [0.1, 0.15) is 23.5 Å². The van der Waals surface area contributed by atoms with Gasteiger partial charge in [0.1, 0.15) is 5.82 Å². The highest BCUT2D eigenvalue weighted by atomic mass is 15.4. The Morgan fingerprint density at radius 2 is 1.07 bits per heavy atom. The van der Waals surface area contributed by atoms with Crippen LogP contribution in [0.15, 0.2) is 200 Å². The van der Waals surface area contributed by atoms with Crippen molar-refractivity contribution in [2.45, 2.75) is 18.5 Å². The maximum absolute atomic E-state index is 3.92. The van der Waals surface area contributed by atoms with Crippen LogP contribution in [0.3, 0.4) is 0 Å². The van der Waals surface area contributed by atoms with Crippen molar-refractivity contribution in [1.82, 2.24) is 25.8 Å². The highest BCUT2D eigenvalue weighted by Gasteiger charge is 2.31. The average molecular weight is 736 g/mol. The van der Waals surface area contributed by atoms with E-state index in [1.54, 1.807) is 0 Å². The molecule has 1 aromatic heterocycles. The van der Waals surface area contributed by atoms with E-state index in [4.69, 9.17) is 0 Å². The van der Waals surface area contributed by atoms with Crippen LogP contribution in [0.25, 0.3) is 71.4 Å². The molecule has 0 saturated carbocycles. The molecule has 5 nitrogen and oxygen atoms in total. The number of nitrogens with one attached hydrogen (secondary N) is 4. The molecule has 5 heteroatoms. The monoisotopic (exact) mass is 735 g/mol. The molecule has 1 saturated heterocycles. The van der Waals surface area contributed by atoms with Gasteiger partial charge in [0.25, 0.3) is 0 Å². The van der Waals surface area contributed by atoms with Crippen LogP contribution < -0.4 is 21.3 Å². The van der Waals surface area contributed by atoms with Crippen LogP contribution in [0.2, 0.25) is 0 Å². The van der Waals surface area contributed by atoms with Crippen molar-refractivity contribution in [2.75, 3.05) is 6.54 Å². The zero-order valence-electron chi connectivity index (χ0n) is 31.4. The van der Waals surface area contributed by atoms with E-state index in [-0.39, 0.29) is 18.5 Å². The number of dihydropyridines is 1. The molecule has 0 aliphatic carbocycles. The van der Waals surface area contributed by atoms with Crippen LogP contribution >= 0.6 is 0 Å². The summed E-state index contributed by atoms with van der Waals surface area (Å²) >= 11 is 0. The second-order valence-electron chi connectivity index (χ2n) is 15.1. The molecule has 8 aromatic carbocycles. The molecule has 0 spiro atoms. The Balaban J connectivity index is 1.05. The van der Waals surface area contributed by atoms with E-state index in [2.05, 4.69) is 220 Å². The van der Waals surface area contributed by atoms with Crippen molar-refractivity contribution in [2.24, 2.45) is 0 Å². The minimum atomic E-state index is -0.0744. The van der Waals surface area contributed by atoms with E-state index in [1.807, 2.05) is 0 Å². The van der Waals surface area contributed by atoms with Gasteiger partial charge in [0.15, 0.2) is 0 Å². The van der Waals surface area contributed by atoms with Crippen LogP contribution in [0.5, 0.6) is 0 Å². The lowest BCUT2D eigenvalue weighted by Crippen LogP contribution is -2.60. The number of aromatic nitrogens is 1. The normalized spacial score (nSPS) is 18.4. The second-order valence-corrected chi connectivity index (χ2v) is 15.1. The van der Waals surface area contributed by atoms with E-state index in [9.17, 15) is 0 Å². The molecule has 11 rings (SSSR count). The number of hydrogen-bond acceptors (Lipinski definition) is 4. The number of benzene rings is 8. The Morgan fingerprint density at radius 3 is 1.82 bits per heavy atom. The fraction of sp³-hybridized carbons (Fsp3) is 0.0769. The predicted octanol–water partition coefficient (Wildman–Crippen LogP) is 11.3. The molecular formula is C52H41N5. The van der Waals surface area contributed by atoms with Gasteiger partial charge >= 0.3 is 0 Å². The summed E-state index contributed by atoms with van der Waals surface area (Å²) in [6.07, 6.45) is 4.39. The molecule has 0 bridgehead atoms. The largest absolute Gasteiger partial charge is 0.367 e. The van der Waals surface area contributed by atoms with Crippen LogP contribution in [-0.4, -0.2) is 17.3 Å². The lowest BCUT2D eigenvalue weighted by atomic mass is 9.94. The number of allylic oxidation sites excluding steroid dienone is 2. The topological polar surface area (TPSA) is 53.0 Å². The summed E-state index contributed by atoms with van der Waals surface area (Å²) < 4.78 is 2.44. The first-order valence-corrected chi connectivity index (χ1v) is 19.8. The zero-order chi connectivity index (χ0) is 37.7. The smallest absolute Gasteiger partial charge is 0.111 e. The molecule has 2 aliphatic rings. The first kappa shape index (κ1) is 33.6. The van der Waals surface area contributed by atoms with E-state index < -0.39 is 0 Å². The van der Waals surface area contributed by atoms with Gasteiger partial charge in [-0.15, -0.1) is 0 Å². The Hall–Kier alpha value is -6.76. The van der Waals surface area contributed by atoms with Crippen molar-refractivity contribution in [1.29, 1.82) is 0 Å². The summed E-state index contributed by atoms with van der Waals surface area (Å²) in [5.41, 5.74) is 10.9. The van der Waals surface area contributed by atoms with Gasteiger partial charge in [-0.3, -0.25) is 20.5 Å². The lowest BCUT2D eigenvalue weighted by Gasteiger charge is -2.41. The van der Waals surface area contributed by atoms with E-state index in [1.165, 1.54) is 82.3 Å². The molecule has 57 heavy (non-hydrogen) atoms. The first-order chi connectivity index (χ1) is 28.2. The molecule has 3 unspecified atom stereocenters. The fourth-order valence-corrected chi connectivity index (χ4v) is 8.93. The molecule has 4 N–H and O–H groups in total. The Labute approximate surface area is 332 Å². The Morgan fingerprint density at radius 1 is 0.421 bits per heavy atom. The maximum atomic E-state index is 3.92. The molecule has 0 amide bonds. The molecule has 274 valence electrons. The minimum absolute atomic E-state index is 0.0429. The standard InChI is InChI=1S/C52H41N5/c1-4-14-34(15-5-1)39-26-28-44-46(31-39)57(47-32-45(36-17-6-2-7-18-36)42-22-12-13-23-43(42)49(44)47)48-29-27-41(33-53-48)52-55-50(37-19-8-3-9-20-37)54-51(56-52)40-25-24-35-16-10-11-21-38(35)30-40/h1-32,50-56H,33H2. The van der Waals surface area contributed by atoms with Crippen molar-refractivity contribution in [3.05, 3.63) is 211 Å². The van der Waals surface area contributed by atoms with Crippen LogP contribution in [0, 0.1) is 0 Å². The minimum Gasteiger partial charge on any atom is -0.367 e. The highest BCUT2D eigenvalue weighted by Crippen LogP contribution is 2.42. The Kier molecular flexibility index (Phi) is 8.29. The first-order valence-electron chi connectivity index (χ1n) is 19.8. The van der Waals surface area contributed by atoms with Crippen molar-refractivity contribution >= 4 is 49.2 Å². The average Bonchev–Trinajstić information content (AvgIpc) is 3.63. The van der Waals surface area contributed by atoms with E-state index in [0.717, 1.165) is 5.82 Å². The molecule has 3 atom stereocenters. The van der Waals surface area contributed by atoms with E-state index in [0.29, 0.717) is 6.54 Å². The van der Waals surface area contributed by atoms with Gasteiger partial charge in [0, 0.05) is 17.3 Å². The third-order valence-electron chi connectivity index (χ3n) is 11.7. The zero-order valence-corrected chi connectivity index (χ0v) is 31.4. The van der Waals surface area contributed by atoms with Crippen LogP contribution in [-0.2, 0) is 0 Å². The third-order valence-corrected chi connectivity index (χ3v) is 11.7. The number of rotatable bonds is 6. The summed E-state index contributed by atoms with van der Waals surface area (Å²) in [5, 5.41) is 23.1. The highest BCUT2D eigenvalue weighted by molar-refractivity contribution is 6.25. The van der Waals surface area contributed by atoms with Gasteiger partial charge in [-0.25, -0.2) is 0 Å². The van der Waals surface area contributed by atoms with Crippen LogP contribution in [0.4, 0.5) is 0 Å². The molecule has 3 heterocycles. The summed E-state index contributed by atoms with van der Waals surface area (Å²) in [7, 11) is 0. The SMILES string of the molecule is C1=C(C2NC(c3ccccc3)NC(c3ccc4ccccc4c3)N2)CNC(n2c3cc(-c4ccccc4)ccc3c3c4ccccc4c(-c4ccccc4)cc32)=C1. The summed E-state index contributed by atoms with van der Waals surface area (Å²) in [6, 6.07) is 65.7. The summed E-state index contributed by atoms with van der Waals surface area (Å²) in [4.78, 5) is 0. The fourth-order valence-electron chi connectivity index (χ4n) is 8.93. The Bertz CT molecular complexity index is 3000. The van der Waals surface area contributed by atoms with Gasteiger partial charge in [0.05, 0.1) is 29.5 Å². The van der Waals surface area contributed by atoms with Crippen molar-refractivity contribution in [3.8, 4) is 22.3 Å². The van der Waals surface area contributed by atoms with Crippen molar-refractivity contribution < 1.29 is 0 Å². The maximum Gasteiger partial charge on any atom is 0.111 e. The van der Waals surface area contributed by atoms with E-state index >= 15 is 0 Å². The molecule has 0 radical (unpaired) electrons. The van der Waals surface area contributed by atoms with Gasteiger partial charge in [-0.1, -0.05) is 170 Å². The van der Waals surface area contributed by atoms with Gasteiger partial charge in [-0.05, 0) is 84.8 Å². The van der Waals surface area contributed by atoms with Gasteiger partial charge in [-0.2, -0.15) is 0 Å². The second kappa shape index (κ2) is 14.1. The lowest BCUT2D eigenvalue weighted by molar-refractivity contribution is 0.220. The van der Waals surface area contributed by atoms with Gasteiger partial charge < -0.3 is 5.32 Å². The van der Waals surface area contributed by atoms with Crippen molar-refractivity contribution in [3.63, 3.8) is 0 Å². The summed E-state index contributed by atoms with van der Waals surface area (Å²) in [6.45, 7) is 0.682. The molecular weight excluding hydrogens is 695 g/mol. The molecule has 9 aromatic rings. The molecule has 1 fully saturated rings. The third kappa shape index (κ3) is 6.01. The van der Waals surface area contributed by atoms with Gasteiger partial charge in [0.2, 0.25) is 0 Å². The number of hydrogen-bond donors (Lipinski definition) is 4.